The second-order valence-electron chi connectivity index (χ2n) is 4.39. The van der Waals surface area contributed by atoms with E-state index in [0.717, 1.165) is 0 Å². The van der Waals surface area contributed by atoms with E-state index < -0.39 is 23.6 Å². The molecule has 0 aromatic carbocycles. The molecule has 0 aliphatic rings. The molecular formula is C12H20O3. The van der Waals surface area contributed by atoms with Crippen molar-refractivity contribution in [3.63, 3.8) is 0 Å². The topological polar surface area (TPSA) is 46.5 Å². The van der Waals surface area contributed by atoms with Gasteiger partial charge in [-0.25, -0.2) is 0 Å². The highest BCUT2D eigenvalue weighted by atomic mass is 16.6. The standard InChI is InChI=1S/C12H20O3/c1-6-8-9(10(13)7-2)11(14)15-12(3,4)5/h6-7,9-10,13H,1-2,8H2,3-5H3. The van der Waals surface area contributed by atoms with Gasteiger partial charge in [0.05, 0.1) is 12.0 Å². The summed E-state index contributed by atoms with van der Waals surface area (Å²) in [5.74, 6) is -1.03. The molecule has 0 rings (SSSR count). The first-order valence-electron chi connectivity index (χ1n) is 4.96. The van der Waals surface area contributed by atoms with Crippen LogP contribution in [-0.4, -0.2) is 22.8 Å². The first-order chi connectivity index (χ1) is 6.81. The van der Waals surface area contributed by atoms with E-state index in [9.17, 15) is 9.90 Å². The lowest BCUT2D eigenvalue weighted by molar-refractivity contribution is -0.162. The van der Waals surface area contributed by atoms with Crippen LogP contribution in [0, 0.1) is 5.92 Å². The van der Waals surface area contributed by atoms with Gasteiger partial charge in [-0.15, -0.1) is 13.2 Å². The van der Waals surface area contributed by atoms with Gasteiger partial charge in [-0.3, -0.25) is 4.79 Å². The van der Waals surface area contributed by atoms with Gasteiger partial charge in [0.25, 0.3) is 0 Å². The van der Waals surface area contributed by atoms with Crippen molar-refractivity contribution in [1.29, 1.82) is 0 Å². The van der Waals surface area contributed by atoms with Crippen LogP contribution in [0.2, 0.25) is 0 Å². The van der Waals surface area contributed by atoms with Crippen molar-refractivity contribution in [2.75, 3.05) is 0 Å². The van der Waals surface area contributed by atoms with E-state index in [4.69, 9.17) is 4.74 Å². The maximum atomic E-state index is 11.7. The van der Waals surface area contributed by atoms with Gasteiger partial charge in [0.1, 0.15) is 5.60 Å². The van der Waals surface area contributed by atoms with Crippen LogP contribution in [0.15, 0.2) is 25.3 Å². The predicted octanol–water partition coefficient (Wildman–Crippen LogP) is 2.07. The third-order valence-corrected chi connectivity index (χ3v) is 1.78. The smallest absolute Gasteiger partial charge is 0.312 e. The lowest BCUT2D eigenvalue weighted by Gasteiger charge is -2.24. The van der Waals surface area contributed by atoms with Crippen molar-refractivity contribution in [2.45, 2.75) is 38.9 Å². The summed E-state index contributed by atoms with van der Waals surface area (Å²) in [4.78, 5) is 11.7. The lowest BCUT2D eigenvalue weighted by Crippen LogP contribution is -2.33. The average molecular weight is 212 g/mol. The summed E-state index contributed by atoms with van der Waals surface area (Å²) in [6.07, 6.45) is 2.40. The van der Waals surface area contributed by atoms with Crippen molar-refractivity contribution >= 4 is 5.97 Å². The molecule has 86 valence electrons. The molecule has 0 spiro atoms. The molecule has 3 heteroatoms. The van der Waals surface area contributed by atoms with Gasteiger partial charge in [0.2, 0.25) is 0 Å². The van der Waals surface area contributed by atoms with E-state index >= 15 is 0 Å². The lowest BCUT2D eigenvalue weighted by atomic mass is 9.98. The Kier molecular flexibility index (Phi) is 5.29. The fourth-order valence-corrected chi connectivity index (χ4v) is 1.10. The summed E-state index contributed by atoms with van der Waals surface area (Å²) >= 11 is 0. The summed E-state index contributed by atoms with van der Waals surface area (Å²) in [5, 5.41) is 9.55. The Balaban J connectivity index is 4.55. The predicted molar refractivity (Wildman–Crippen MR) is 60.4 cm³/mol. The number of aliphatic hydroxyl groups excluding tert-OH is 1. The maximum absolute atomic E-state index is 11.7. The molecule has 0 aromatic heterocycles. The zero-order valence-electron chi connectivity index (χ0n) is 9.69. The molecule has 0 bridgehead atoms. The van der Waals surface area contributed by atoms with Crippen molar-refractivity contribution in [2.24, 2.45) is 5.92 Å². The number of allylic oxidation sites excluding steroid dienone is 1. The van der Waals surface area contributed by atoms with Gasteiger partial charge in [-0.05, 0) is 27.2 Å². The van der Waals surface area contributed by atoms with Crippen molar-refractivity contribution in [1.82, 2.24) is 0 Å². The molecule has 0 amide bonds. The zero-order valence-corrected chi connectivity index (χ0v) is 9.69. The zero-order chi connectivity index (χ0) is 12.1. The van der Waals surface area contributed by atoms with Crippen LogP contribution in [0.4, 0.5) is 0 Å². The summed E-state index contributed by atoms with van der Waals surface area (Å²) < 4.78 is 5.18. The Hall–Kier alpha value is -1.09. The Labute approximate surface area is 91.4 Å². The molecule has 0 fully saturated rings. The molecular weight excluding hydrogens is 192 g/mol. The summed E-state index contributed by atoms with van der Waals surface area (Å²) in [6, 6.07) is 0. The van der Waals surface area contributed by atoms with Crippen LogP contribution in [0.5, 0.6) is 0 Å². The van der Waals surface area contributed by atoms with Crippen LogP contribution in [0.25, 0.3) is 0 Å². The molecule has 3 nitrogen and oxygen atoms in total. The number of aliphatic hydroxyl groups is 1. The molecule has 0 saturated carbocycles. The molecule has 0 radical (unpaired) electrons. The number of rotatable bonds is 5. The van der Waals surface area contributed by atoms with Gasteiger partial charge < -0.3 is 9.84 Å². The normalized spacial score (nSPS) is 15.2. The fourth-order valence-electron chi connectivity index (χ4n) is 1.10. The molecule has 2 unspecified atom stereocenters. The van der Waals surface area contributed by atoms with Gasteiger partial charge in [-0.1, -0.05) is 12.2 Å². The highest BCUT2D eigenvalue weighted by Gasteiger charge is 2.28. The Morgan fingerprint density at radius 2 is 2.00 bits per heavy atom. The van der Waals surface area contributed by atoms with Crippen molar-refractivity contribution in [3.8, 4) is 0 Å². The van der Waals surface area contributed by atoms with E-state index in [-0.39, 0.29) is 0 Å². The monoisotopic (exact) mass is 212 g/mol. The largest absolute Gasteiger partial charge is 0.460 e. The molecule has 0 aliphatic carbocycles. The van der Waals surface area contributed by atoms with E-state index in [1.807, 2.05) is 0 Å². The molecule has 0 heterocycles. The van der Waals surface area contributed by atoms with Crippen LogP contribution in [-0.2, 0) is 9.53 Å². The van der Waals surface area contributed by atoms with E-state index in [0.29, 0.717) is 6.42 Å². The molecule has 0 aromatic rings. The first-order valence-corrected chi connectivity index (χ1v) is 4.96. The van der Waals surface area contributed by atoms with Crippen LogP contribution < -0.4 is 0 Å². The van der Waals surface area contributed by atoms with E-state index in [1.165, 1.54) is 6.08 Å². The number of carbonyl (C=O) groups is 1. The van der Waals surface area contributed by atoms with Gasteiger partial charge in [0, 0.05) is 0 Å². The first kappa shape index (κ1) is 13.9. The minimum atomic E-state index is -0.891. The second kappa shape index (κ2) is 5.71. The van der Waals surface area contributed by atoms with E-state index in [1.54, 1.807) is 26.8 Å². The van der Waals surface area contributed by atoms with Crippen LogP contribution in [0.3, 0.4) is 0 Å². The highest BCUT2D eigenvalue weighted by Crippen LogP contribution is 2.17. The minimum Gasteiger partial charge on any atom is -0.460 e. The maximum Gasteiger partial charge on any atom is 0.312 e. The summed E-state index contributed by atoms with van der Waals surface area (Å²) in [5.41, 5.74) is -0.544. The number of esters is 1. The molecule has 1 N–H and O–H groups in total. The summed E-state index contributed by atoms with van der Waals surface area (Å²) in [6.45, 7) is 12.4. The van der Waals surface area contributed by atoms with Crippen LogP contribution >= 0.6 is 0 Å². The van der Waals surface area contributed by atoms with Gasteiger partial charge in [-0.2, -0.15) is 0 Å². The minimum absolute atomic E-state index is 0.377. The Morgan fingerprint density at radius 1 is 1.47 bits per heavy atom. The van der Waals surface area contributed by atoms with E-state index in [2.05, 4.69) is 13.2 Å². The quantitative estimate of drug-likeness (QED) is 0.560. The van der Waals surface area contributed by atoms with Crippen LogP contribution in [0.1, 0.15) is 27.2 Å². The number of ether oxygens (including phenoxy) is 1. The summed E-state index contributed by atoms with van der Waals surface area (Å²) in [7, 11) is 0. The van der Waals surface area contributed by atoms with Gasteiger partial charge in [0.15, 0.2) is 0 Å². The molecule has 0 aliphatic heterocycles. The number of carbonyl (C=O) groups excluding carboxylic acids is 1. The fraction of sp³-hybridized carbons (Fsp3) is 0.583. The third kappa shape index (κ3) is 5.37. The van der Waals surface area contributed by atoms with Crippen molar-refractivity contribution < 1.29 is 14.6 Å². The number of hydrogen-bond acceptors (Lipinski definition) is 3. The average Bonchev–Trinajstić information content (AvgIpc) is 2.10. The number of hydrogen-bond donors (Lipinski definition) is 1. The highest BCUT2D eigenvalue weighted by molar-refractivity contribution is 5.74. The Bertz CT molecular complexity index is 238. The van der Waals surface area contributed by atoms with Gasteiger partial charge >= 0.3 is 5.97 Å². The third-order valence-electron chi connectivity index (χ3n) is 1.78. The SMILES string of the molecule is C=CCC(C(=O)OC(C)(C)C)C(O)C=C. The molecule has 15 heavy (non-hydrogen) atoms. The van der Waals surface area contributed by atoms with Crippen molar-refractivity contribution in [3.05, 3.63) is 25.3 Å². The molecule has 0 saturated heterocycles. The molecule has 2 atom stereocenters. The Morgan fingerprint density at radius 3 is 2.33 bits per heavy atom. The second-order valence-corrected chi connectivity index (χ2v) is 4.39.